The fourth-order valence-corrected chi connectivity index (χ4v) is 4.40. The van der Waals surface area contributed by atoms with Gasteiger partial charge in [0.1, 0.15) is 17.3 Å². The van der Waals surface area contributed by atoms with E-state index in [0.717, 1.165) is 31.4 Å². The molecule has 6 nitrogen and oxygen atoms in total. The van der Waals surface area contributed by atoms with Crippen LogP contribution in [0.3, 0.4) is 0 Å². The Morgan fingerprint density at radius 1 is 1.18 bits per heavy atom. The van der Waals surface area contributed by atoms with Crippen molar-refractivity contribution < 1.29 is 23.1 Å². The molecular formula is C26H37FN2O4S. The van der Waals surface area contributed by atoms with Crippen molar-refractivity contribution in [2.75, 3.05) is 18.9 Å². The van der Waals surface area contributed by atoms with Gasteiger partial charge < -0.3 is 19.8 Å². The van der Waals surface area contributed by atoms with Gasteiger partial charge in [-0.1, -0.05) is 33.6 Å². The molecule has 34 heavy (non-hydrogen) atoms. The molecule has 2 unspecified atom stereocenters. The fraction of sp³-hybridized carbons (Fsp3) is 0.538. The molecule has 2 aromatic rings. The van der Waals surface area contributed by atoms with E-state index in [1.807, 2.05) is 12.1 Å². The molecule has 0 aliphatic heterocycles. The number of hydrogen-bond donors (Lipinski definition) is 2. The molecule has 0 saturated heterocycles. The highest BCUT2D eigenvalue weighted by Gasteiger charge is 2.21. The molecule has 8 heteroatoms. The summed E-state index contributed by atoms with van der Waals surface area (Å²) in [6.07, 6.45) is 5.15. The van der Waals surface area contributed by atoms with E-state index < -0.39 is 0 Å². The molecule has 0 bridgehead atoms. The standard InChI is InChI=1S/C26H37FN2O4S/c1-4-5-8-24(25(30)18-34-17-23-7-6-13-32-23)28-15-21(14-19(2)3)29-26(31)16-33-22-11-9-20(27)10-12-22/h6-7,9-13,19,21,24,28H,4-5,8,14-18H2,1-3H3,(H,29,31). The third kappa shape index (κ3) is 11.2. The van der Waals surface area contributed by atoms with Gasteiger partial charge in [0.15, 0.2) is 12.4 Å². The third-order valence-electron chi connectivity index (χ3n) is 5.22. The number of furan rings is 1. The fourth-order valence-electron chi connectivity index (χ4n) is 3.53. The number of Topliss-reactive ketones (excluding diaryl/α,β-unsaturated/α-hetero) is 1. The molecule has 1 aromatic heterocycles. The van der Waals surface area contributed by atoms with Crippen molar-refractivity contribution in [1.29, 1.82) is 0 Å². The van der Waals surface area contributed by atoms with Crippen LogP contribution in [0.15, 0.2) is 47.1 Å². The van der Waals surface area contributed by atoms with Crippen LogP contribution >= 0.6 is 11.8 Å². The van der Waals surface area contributed by atoms with E-state index in [4.69, 9.17) is 9.15 Å². The van der Waals surface area contributed by atoms with Crippen LogP contribution in [0.2, 0.25) is 0 Å². The number of hydrogen-bond acceptors (Lipinski definition) is 6. The summed E-state index contributed by atoms with van der Waals surface area (Å²) in [5.41, 5.74) is 0. The summed E-state index contributed by atoms with van der Waals surface area (Å²) in [6.45, 7) is 6.65. The summed E-state index contributed by atoms with van der Waals surface area (Å²) in [4.78, 5) is 25.3. The highest BCUT2D eigenvalue weighted by molar-refractivity contribution is 7.99. The molecule has 2 rings (SSSR count). The van der Waals surface area contributed by atoms with Gasteiger partial charge in [0.2, 0.25) is 0 Å². The zero-order valence-corrected chi connectivity index (χ0v) is 21.2. The zero-order chi connectivity index (χ0) is 24.8. The molecule has 1 aromatic carbocycles. The SMILES string of the molecule is CCCCC(NCC(CC(C)C)NC(=O)COc1ccc(F)cc1)C(=O)CSCc1ccco1. The van der Waals surface area contributed by atoms with E-state index in [2.05, 4.69) is 31.4 Å². The van der Waals surface area contributed by atoms with Crippen molar-refractivity contribution in [3.63, 3.8) is 0 Å². The van der Waals surface area contributed by atoms with Gasteiger partial charge in [-0.05, 0) is 55.2 Å². The molecule has 0 saturated carbocycles. The van der Waals surface area contributed by atoms with Gasteiger partial charge in [-0.3, -0.25) is 9.59 Å². The summed E-state index contributed by atoms with van der Waals surface area (Å²) >= 11 is 1.55. The largest absolute Gasteiger partial charge is 0.484 e. The second kappa shape index (κ2) is 15.6. The number of carbonyl (C=O) groups is 2. The molecule has 1 heterocycles. The van der Waals surface area contributed by atoms with Crippen LogP contribution in [0, 0.1) is 11.7 Å². The summed E-state index contributed by atoms with van der Waals surface area (Å²) < 4.78 is 23.8. The number of rotatable bonds is 17. The number of ketones is 1. The molecule has 0 aliphatic rings. The van der Waals surface area contributed by atoms with E-state index in [-0.39, 0.29) is 36.2 Å². The average Bonchev–Trinajstić information content (AvgIpc) is 3.31. The second-order valence-electron chi connectivity index (χ2n) is 8.78. The van der Waals surface area contributed by atoms with Crippen LogP contribution in [0.25, 0.3) is 0 Å². The molecule has 2 N–H and O–H groups in total. The Labute approximate surface area is 206 Å². The van der Waals surface area contributed by atoms with Crippen LogP contribution < -0.4 is 15.4 Å². The van der Waals surface area contributed by atoms with E-state index in [0.29, 0.717) is 29.7 Å². The second-order valence-corrected chi connectivity index (χ2v) is 9.76. The summed E-state index contributed by atoms with van der Waals surface area (Å²) in [6, 6.07) is 8.94. The minimum absolute atomic E-state index is 0.128. The number of nitrogens with one attached hydrogen (secondary N) is 2. The van der Waals surface area contributed by atoms with Gasteiger partial charge in [-0.2, -0.15) is 0 Å². The first-order chi connectivity index (χ1) is 16.4. The van der Waals surface area contributed by atoms with Crippen molar-refractivity contribution in [2.24, 2.45) is 5.92 Å². The number of ether oxygens (including phenoxy) is 1. The monoisotopic (exact) mass is 492 g/mol. The summed E-state index contributed by atoms with van der Waals surface area (Å²) in [5.74, 6) is 2.31. The van der Waals surface area contributed by atoms with E-state index in [9.17, 15) is 14.0 Å². The lowest BCUT2D eigenvalue weighted by atomic mass is 10.0. The summed E-state index contributed by atoms with van der Waals surface area (Å²) in [7, 11) is 0. The van der Waals surface area contributed by atoms with Gasteiger partial charge in [-0.15, -0.1) is 11.8 Å². The Morgan fingerprint density at radius 3 is 2.59 bits per heavy atom. The number of thioether (sulfide) groups is 1. The molecule has 0 radical (unpaired) electrons. The number of carbonyl (C=O) groups excluding carboxylic acids is 2. The Balaban J connectivity index is 1.85. The van der Waals surface area contributed by atoms with Crippen molar-refractivity contribution in [2.45, 2.75) is 64.3 Å². The van der Waals surface area contributed by atoms with Crippen molar-refractivity contribution in [1.82, 2.24) is 10.6 Å². The average molecular weight is 493 g/mol. The topological polar surface area (TPSA) is 80.6 Å². The third-order valence-corrected chi connectivity index (χ3v) is 6.20. The maximum atomic E-state index is 13.0. The molecule has 188 valence electrons. The van der Waals surface area contributed by atoms with Gasteiger partial charge >= 0.3 is 0 Å². The van der Waals surface area contributed by atoms with Gasteiger partial charge in [0.05, 0.1) is 23.8 Å². The molecular weight excluding hydrogens is 455 g/mol. The van der Waals surface area contributed by atoms with Crippen LogP contribution in [-0.2, 0) is 15.3 Å². The van der Waals surface area contributed by atoms with Crippen molar-refractivity contribution in [3.8, 4) is 5.75 Å². The summed E-state index contributed by atoms with van der Waals surface area (Å²) in [5, 5.41) is 6.42. The first-order valence-electron chi connectivity index (χ1n) is 11.9. The first kappa shape index (κ1) is 27.9. The van der Waals surface area contributed by atoms with E-state index in [1.54, 1.807) is 18.0 Å². The maximum Gasteiger partial charge on any atom is 0.258 e. The van der Waals surface area contributed by atoms with Gasteiger partial charge in [0.25, 0.3) is 5.91 Å². The maximum absolute atomic E-state index is 13.0. The van der Waals surface area contributed by atoms with Crippen LogP contribution in [0.4, 0.5) is 4.39 Å². The minimum atomic E-state index is -0.355. The number of halogens is 1. The van der Waals surface area contributed by atoms with Gasteiger partial charge in [0, 0.05) is 12.6 Å². The lowest BCUT2D eigenvalue weighted by Gasteiger charge is -2.25. The Morgan fingerprint density at radius 2 is 1.94 bits per heavy atom. The lowest BCUT2D eigenvalue weighted by Crippen LogP contribution is -2.49. The van der Waals surface area contributed by atoms with Crippen LogP contribution in [0.1, 0.15) is 52.2 Å². The molecule has 0 aliphatic carbocycles. The van der Waals surface area contributed by atoms with E-state index in [1.165, 1.54) is 24.3 Å². The molecule has 0 spiro atoms. The molecule has 0 fully saturated rings. The highest BCUT2D eigenvalue weighted by Crippen LogP contribution is 2.15. The highest BCUT2D eigenvalue weighted by atomic mass is 32.2. The predicted molar refractivity (Wildman–Crippen MR) is 134 cm³/mol. The Bertz CT molecular complexity index is 843. The number of benzene rings is 1. The first-order valence-corrected chi connectivity index (χ1v) is 13.1. The van der Waals surface area contributed by atoms with Crippen LogP contribution in [0.5, 0.6) is 5.75 Å². The molecule has 2 atom stereocenters. The smallest absolute Gasteiger partial charge is 0.258 e. The predicted octanol–water partition coefficient (Wildman–Crippen LogP) is 4.98. The van der Waals surface area contributed by atoms with E-state index >= 15 is 0 Å². The Hall–Kier alpha value is -2.32. The normalized spacial score (nSPS) is 13.0. The quantitative estimate of drug-likeness (QED) is 0.324. The lowest BCUT2D eigenvalue weighted by molar-refractivity contribution is -0.123. The minimum Gasteiger partial charge on any atom is -0.484 e. The van der Waals surface area contributed by atoms with Crippen molar-refractivity contribution >= 4 is 23.5 Å². The Kier molecular flexibility index (Phi) is 12.8. The zero-order valence-electron chi connectivity index (χ0n) is 20.3. The molecule has 1 amide bonds. The van der Waals surface area contributed by atoms with Crippen molar-refractivity contribution in [3.05, 3.63) is 54.2 Å². The number of amides is 1. The van der Waals surface area contributed by atoms with Gasteiger partial charge in [-0.25, -0.2) is 4.39 Å². The van der Waals surface area contributed by atoms with Crippen LogP contribution in [-0.4, -0.2) is 42.7 Å². The number of unbranched alkanes of at least 4 members (excludes halogenated alkanes) is 1.